The lowest BCUT2D eigenvalue weighted by Gasteiger charge is -2.32. The second-order valence-electron chi connectivity index (χ2n) is 15.6. The Morgan fingerprint density at radius 1 is 0.683 bits per heavy atom. The Morgan fingerprint density at radius 3 is 1.71 bits per heavy atom. The Bertz CT molecular complexity index is 1720. The largest absolute Gasteiger partial charge is 0.481 e. The number of guanidine groups is 1. The van der Waals surface area contributed by atoms with Gasteiger partial charge in [0.05, 0.1) is 25.2 Å². The molecule has 2 rings (SSSR count). The topological polar surface area (TPSA) is 429 Å². The summed E-state index contributed by atoms with van der Waals surface area (Å²) in [5.41, 5.74) is 16.6. The van der Waals surface area contributed by atoms with E-state index in [1.165, 1.54) is 0 Å². The minimum absolute atomic E-state index is 0.0130. The number of aliphatic hydroxyl groups is 2. The molecule has 63 heavy (non-hydrogen) atoms. The fourth-order valence-electron chi connectivity index (χ4n) is 7.01. The van der Waals surface area contributed by atoms with Gasteiger partial charge in [0.2, 0.25) is 41.4 Å². The minimum atomic E-state index is -1.74. The van der Waals surface area contributed by atoms with E-state index in [1.807, 2.05) is 5.32 Å². The predicted molar refractivity (Wildman–Crippen MR) is 217 cm³/mol. The second-order valence-corrected chi connectivity index (χ2v) is 15.6. The van der Waals surface area contributed by atoms with Crippen LogP contribution in [0.4, 0.5) is 0 Å². The second kappa shape index (κ2) is 25.1. The molecule has 0 aromatic heterocycles. The molecule has 0 aromatic rings. The third-order valence-electron chi connectivity index (χ3n) is 10.3. The van der Waals surface area contributed by atoms with E-state index in [9.17, 15) is 68.4 Å². The molecule has 0 radical (unpaired) electrons. The van der Waals surface area contributed by atoms with E-state index in [-0.39, 0.29) is 51.3 Å². The van der Waals surface area contributed by atoms with Crippen LogP contribution in [-0.2, 0) is 47.9 Å². The zero-order valence-corrected chi connectivity index (χ0v) is 35.4. The van der Waals surface area contributed by atoms with E-state index in [0.717, 1.165) is 16.7 Å². The van der Waals surface area contributed by atoms with Crippen molar-refractivity contribution in [2.45, 2.75) is 133 Å². The summed E-state index contributed by atoms with van der Waals surface area (Å²) in [6.07, 6.45) is -2.39. The third kappa shape index (κ3) is 16.2. The quantitative estimate of drug-likeness (QED) is 0.0231. The lowest BCUT2D eigenvalue weighted by atomic mass is 10.0. The molecule has 0 aliphatic carbocycles. The van der Waals surface area contributed by atoms with Crippen molar-refractivity contribution in [2.75, 3.05) is 26.2 Å². The predicted octanol–water partition coefficient (Wildman–Crippen LogP) is -5.77. The summed E-state index contributed by atoms with van der Waals surface area (Å²) in [4.78, 5) is 135. The van der Waals surface area contributed by atoms with Crippen LogP contribution < -0.4 is 43.8 Å². The number of aliphatic carboxylic acids is 3. The van der Waals surface area contributed by atoms with Gasteiger partial charge < -0.3 is 79.1 Å². The van der Waals surface area contributed by atoms with Gasteiger partial charge >= 0.3 is 17.9 Å². The number of aliphatic imine (C=N–C) groups is 1. The zero-order chi connectivity index (χ0) is 47.7. The summed E-state index contributed by atoms with van der Waals surface area (Å²) in [6.45, 7) is 3.39. The highest BCUT2D eigenvalue weighted by Crippen LogP contribution is 2.22. The van der Waals surface area contributed by atoms with Gasteiger partial charge in [-0.15, -0.1) is 0 Å². The number of nitrogens with two attached hydrogens (primary N) is 3. The Balaban J connectivity index is 2.34. The van der Waals surface area contributed by atoms with E-state index >= 15 is 0 Å². The van der Waals surface area contributed by atoms with Crippen LogP contribution in [0, 0.1) is 5.92 Å². The van der Waals surface area contributed by atoms with Gasteiger partial charge in [-0.1, -0.05) is 13.8 Å². The standard InChI is InChI=1S/C37H61N11O15/c1-17(2)27(45-29(55)20(10-11-25(51)52)42-30(56)23-8-5-13-47(23)34(60)19(38)15-26(53)54)32(58)43-21(7-4-12-41-37(39)40)35(61)48-14-6-9-24(48)31(57)46-28(18(3)50)33(59)44-22(16-49)36(62)63/h17-24,27-28,49-50H,4-16,38H2,1-3H3,(H,42,56)(H,43,58)(H,44,59)(H,45,55)(H,46,57)(H,51,52)(H,53,54)(H,62,63)(H4,39,40,41)/t18-,19+,20+,21+,22+,23+,24+,27+,28+/m1/s1. The first kappa shape index (κ1) is 53.0. The molecule has 0 aromatic carbocycles. The van der Waals surface area contributed by atoms with Gasteiger partial charge in [-0.05, 0) is 57.8 Å². The van der Waals surface area contributed by atoms with E-state index < -0.39 is 145 Å². The molecule has 2 heterocycles. The number of carboxylic acid groups (broad SMARTS) is 3. The molecule has 0 bridgehead atoms. The number of nitrogens with one attached hydrogen (secondary N) is 5. The van der Waals surface area contributed by atoms with Crippen molar-refractivity contribution in [3.63, 3.8) is 0 Å². The number of carboxylic acids is 3. The van der Waals surface area contributed by atoms with Crippen LogP contribution in [-0.4, -0.2) is 181 Å². The Kier molecular flexibility index (Phi) is 21.1. The number of likely N-dealkylation sites (tertiary alicyclic amines) is 2. The molecule has 0 saturated carbocycles. The zero-order valence-electron chi connectivity index (χ0n) is 35.4. The van der Waals surface area contributed by atoms with Gasteiger partial charge in [-0.3, -0.25) is 48.1 Å². The number of amides is 7. The molecular weight excluding hydrogens is 838 g/mol. The summed E-state index contributed by atoms with van der Waals surface area (Å²) in [5, 5.41) is 59.2. The highest BCUT2D eigenvalue weighted by molar-refractivity contribution is 5.98. The van der Waals surface area contributed by atoms with Crippen molar-refractivity contribution >= 4 is 65.2 Å². The fraction of sp³-hybridized carbons (Fsp3) is 0.703. The summed E-state index contributed by atoms with van der Waals surface area (Å²) in [5.74, 6) is -11.4. The molecule has 9 atom stereocenters. The lowest BCUT2D eigenvalue weighted by molar-refractivity contribution is -0.145. The van der Waals surface area contributed by atoms with E-state index in [1.54, 1.807) is 13.8 Å². The summed E-state index contributed by atoms with van der Waals surface area (Å²) < 4.78 is 0. The SMILES string of the molecule is CC(C)[C@H](NC(=O)[C@H](CCC(=O)O)NC(=O)[C@@H]1CCCN1C(=O)[C@@H](N)CC(=O)O)C(=O)N[C@@H](CCCN=C(N)N)C(=O)N1CCC[C@H]1C(=O)N[C@H](C(=O)N[C@@H](CO)C(=O)O)[C@@H](C)O. The summed E-state index contributed by atoms with van der Waals surface area (Å²) in [6, 6.07) is -11.6. The molecule has 16 N–H and O–H groups in total. The summed E-state index contributed by atoms with van der Waals surface area (Å²) >= 11 is 0. The van der Waals surface area contributed by atoms with E-state index in [2.05, 4.69) is 26.3 Å². The number of carbonyl (C=O) groups is 10. The molecule has 26 heteroatoms. The summed E-state index contributed by atoms with van der Waals surface area (Å²) in [7, 11) is 0. The number of hydrogen-bond acceptors (Lipinski definition) is 14. The molecule has 2 aliphatic heterocycles. The monoisotopic (exact) mass is 899 g/mol. The van der Waals surface area contributed by atoms with Crippen molar-refractivity contribution in [2.24, 2.45) is 28.1 Å². The maximum Gasteiger partial charge on any atom is 0.328 e. The van der Waals surface area contributed by atoms with Crippen molar-refractivity contribution in [3.8, 4) is 0 Å². The fourth-order valence-corrected chi connectivity index (χ4v) is 7.01. The van der Waals surface area contributed by atoms with Crippen LogP contribution >= 0.6 is 0 Å². The Morgan fingerprint density at radius 2 is 1.22 bits per heavy atom. The van der Waals surface area contributed by atoms with Gasteiger partial charge in [0.25, 0.3) is 0 Å². The first-order chi connectivity index (χ1) is 29.5. The molecule has 0 spiro atoms. The van der Waals surface area contributed by atoms with Crippen LogP contribution in [0.15, 0.2) is 4.99 Å². The maximum atomic E-state index is 14.2. The third-order valence-corrected chi connectivity index (χ3v) is 10.3. The van der Waals surface area contributed by atoms with Crippen LogP contribution in [0.2, 0.25) is 0 Å². The molecule has 2 saturated heterocycles. The van der Waals surface area contributed by atoms with Gasteiger partial charge in [0, 0.05) is 26.1 Å². The van der Waals surface area contributed by atoms with Crippen LogP contribution in [0.25, 0.3) is 0 Å². The first-order valence-electron chi connectivity index (χ1n) is 20.4. The number of aliphatic hydroxyl groups excluding tert-OH is 2. The van der Waals surface area contributed by atoms with Gasteiger partial charge in [-0.25, -0.2) is 4.79 Å². The van der Waals surface area contributed by atoms with Crippen LogP contribution in [0.5, 0.6) is 0 Å². The molecule has 2 fully saturated rings. The molecule has 7 amide bonds. The number of hydrogen-bond donors (Lipinski definition) is 13. The van der Waals surface area contributed by atoms with Crippen molar-refractivity contribution in [1.82, 2.24) is 36.4 Å². The Labute approximate surface area is 362 Å². The first-order valence-corrected chi connectivity index (χ1v) is 20.4. The smallest absolute Gasteiger partial charge is 0.328 e. The normalized spacial score (nSPS) is 19.3. The van der Waals surface area contributed by atoms with E-state index in [0.29, 0.717) is 12.8 Å². The van der Waals surface area contributed by atoms with Crippen molar-refractivity contribution in [3.05, 3.63) is 0 Å². The van der Waals surface area contributed by atoms with Crippen LogP contribution in [0.1, 0.15) is 78.6 Å². The Hall–Kier alpha value is -6.15. The van der Waals surface area contributed by atoms with E-state index in [4.69, 9.17) is 22.3 Å². The molecule has 26 nitrogen and oxygen atoms in total. The van der Waals surface area contributed by atoms with Crippen molar-refractivity contribution < 1.29 is 73.5 Å². The number of nitrogens with zero attached hydrogens (tertiary/aromatic N) is 3. The molecule has 354 valence electrons. The average molecular weight is 900 g/mol. The van der Waals surface area contributed by atoms with Crippen LogP contribution in [0.3, 0.4) is 0 Å². The minimum Gasteiger partial charge on any atom is -0.481 e. The molecular formula is C37H61N11O15. The molecule has 0 unspecified atom stereocenters. The average Bonchev–Trinajstić information content (AvgIpc) is 3.90. The number of carbonyl (C=O) groups excluding carboxylic acids is 7. The van der Waals surface area contributed by atoms with Gasteiger partial charge in [0.1, 0.15) is 42.3 Å². The highest BCUT2D eigenvalue weighted by atomic mass is 16.4. The number of rotatable bonds is 25. The maximum absolute atomic E-state index is 14.2. The van der Waals surface area contributed by atoms with Crippen molar-refractivity contribution in [1.29, 1.82) is 0 Å². The highest BCUT2D eigenvalue weighted by Gasteiger charge is 2.42. The van der Waals surface area contributed by atoms with Gasteiger partial charge in [-0.2, -0.15) is 0 Å². The molecule has 2 aliphatic rings. The lowest BCUT2D eigenvalue weighted by Crippen LogP contribution is -2.61. The van der Waals surface area contributed by atoms with Gasteiger partial charge in [0.15, 0.2) is 5.96 Å².